The molecular weight excluding hydrogens is 627 g/mol. The fourth-order valence-electron chi connectivity index (χ4n) is 7.87. The van der Waals surface area contributed by atoms with Gasteiger partial charge in [0, 0.05) is 22.6 Å². The zero-order chi connectivity index (χ0) is 34.7. The van der Waals surface area contributed by atoms with Gasteiger partial charge in [-0.05, 0) is 118 Å². The van der Waals surface area contributed by atoms with Crippen molar-refractivity contribution in [2.24, 2.45) is 0 Å². The fourth-order valence-corrected chi connectivity index (χ4v) is 7.87. The largest absolute Gasteiger partial charge is 0.310 e. The summed E-state index contributed by atoms with van der Waals surface area (Å²) in [5.41, 5.74) is 14.7. The van der Waals surface area contributed by atoms with Gasteiger partial charge in [0.05, 0.1) is 0 Å². The molecule has 1 nitrogen and oxygen atoms in total. The summed E-state index contributed by atoms with van der Waals surface area (Å²) in [5.74, 6) is 7.65. The van der Waals surface area contributed by atoms with Crippen molar-refractivity contribution in [2.75, 3.05) is 4.90 Å². The molecule has 1 atom stereocenters. The van der Waals surface area contributed by atoms with Crippen molar-refractivity contribution < 1.29 is 0 Å². The second kappa shape index (κ2) is 13.6. The molecule has 246 valence electrons. The van der Waals surface area contributed by atoms with Crippen LogP contribution < -0.4 is 4.90 Å². The van der Waals surface area contributed by atoms with Gasteiger partial charge in [0.1, 0.15) is 5.41 Å². The monoisotopic (exact) mass is 663 g/mol. The van der Waals surface area contributed by atoms with E-state index in [0.29, 0.717) is 0 Å². The first-order valence-corrected chi connectivity index (χ1v) is 18.1. The number of hydrogen-bond donors (Lipinski definition) is 0. The predicted octanol–water partition coefficient (Wildman–Crippen LogP) is 13.1. The first-order chi connectivity index (χ1) is 25.8. The second-order valence-electron chi connectivity index (χ2n) is 13.4. The van der Waals surface area contributed by atoms with Crippen LogP contribution in [0.15, 0.2) is 206 Å². The Morgan fingerprint density at radius 1 is 0.442 bits per heavy atom. The van der Waals surface area contributed by atoms with Crippen LogP contribution in [-0.4, -0.2) is 0 Å². The Hall–Kier alpha value is -6.62. The van der Waals surface area contributed by atoms with Crippen molar-refractivity contribution in [1.82, 2.24) is 0 Å². The molecule has 0 spiro atoms. The van der Waals surface area contributed by atoms with E-state index in [-0.39, 0.29) is 0 Å². The number of anilines is 3. The Morgan fingerprint density at radius 3 is 1.77 bits per heavy atom. The Bertz CT molecular complexity index is 2470. The van der Waals surface area contributed by atoms with Crippen LogP contribution in [0.2, 0.25) is 0 Å². The molecular formula is C51H37N. The fraction of sp³-hybridized carbons (Fsp3) is 0.0588. The van der Waals surface area contributed by atoms with Crippen molar-refractivity contribution in [3.63, 3.8) is 0 Å². The van der Waals surface area contributed by atoms with E-state index < -0.39 is 5.41 Å². The maximum atomic E-state index is 3.95. The SMILES string of the molecule is C(#CC1(C2=CCCC=C2)c2ccccc2-c2ccc(-c3cccc(N(c4ccccc4)c4ccccc4)c3)cc21)c1cccc(-c2ccccc2)c1. The van der Waals surface area contributed by atoms with Gasteiger partial charge in [-0.1, -0.05) is 157 Å². The lowest BCUT2D eigenvalue weighted by Crippen LogP contribution is -2.26. The molecule has 0 aliphatic heterocycles. The predicted molar refractivity (Wildman–Crippen MR) is 218 cm³/mol. The number of nitrogens with zero attached hydrogens (tertiary/aromatic N) is 1. The minimum atomic E-state index is -0.612. The highest BCUT2D eigenvalue weighted by molar-refractivity contribution is 5.89. The number of hydrogen-bond acceptors (Lipinski definition) is 1. The third kappa shape index (κ3) is 5.65. The van der Waals surface area contributed by atoms with E-state index in [0.717, 1.165) is 35.5 Å². The summed E-state index contributed by atoms with van der Waals surface area (Å²) in [6.45, 7) is 0. The van der Waals surface area contributed by atoms with Gasteiger partial charge in [0.2, 0.25) is 0 Å². The summed E-state index contributed by atoms with van der Waals surface area (Å²) in [5, 5.41) is 0. The van der Waals surface area contributed by atoms with E-state index in [1.54, 1.807) is 0 Å². The van der Waals surface area contributed by atoms with Crippen LogP contribution in [0.5, 0.6) is 0 Å². The number of allylic oxidation sites excluding steroid dienone is 4. The zero-order valence-corrected chi connectivity index (χ0v) is 28.9. The lowest BCUT2D eigenvalue weighted by atomic mass is 9.70. The van der Waals surface area contributed by atoms with Gasteiger partial charge < -0.3 is 4.90 Å². The molecule has 0 N–H and O–H groups in total. The Morgan fingerprint density at radius 2 is 1.04 bits per heavy atom. The number of benzene rings is 7. The summed E-state index contributed by atoms with van der Waals surface area (Å²) in [6, 6.07) is 65.1. The topological polar surface area (TPSA) is 3.24 Å². The lowest BCUT2D eigenvalue weighted by molar-refractivity contribution is 0.812. The van der Waals surface area contributed by atoms with Gasteiger partial charge in [-0.25, -0.2) is 0 Å². The molecule has 0 amide bonds. The molecule has 0 saturated heterocycles. The van der Waals surface area contributed by atoms with Crippen LogP contribution in [0.4, 0.5) is 17.1 Å². The second-order valence-corrected chi connectivity index (χ2v) is 13.4. The number of fused-ring (bicyclic) bond motifs is 3. The van der Waals surface area contributed by atoms with Crippen LogP contribution in [0.3, 0.4) is 0 Å². The maximum Gasteiger partial charge on any atom is 0.107 e. The average Bonchev–Trinajstić information content (AvgIpc) is 3.51. The summed E-state index contributed by atoms with van der Waals surface area (Å²) in [4.78, 5) is 2.32. The normalized spacial score (nSPS) is 15.5. The first-order valence-electron chi connectivity index (χ1n) is 18.1. The molecule has 2 aliphatic carbocycles. The molecule has 52 heavy (non-hydrogen) atoms. The van der Waals surface area contributed by atoms with Crippen molar-refractivity contribution in [3.05, 3.63) is 222 Å². The summed E-state index contributed by atoms with van der Waals surface area (Å²) in [6.07, 6.45) is 9.09. The molecule has 1 unspecified atom stereocenters. The average molecular weight is 664 g/mol. The zero-order valence-electron chi connectivity index (χ0n) is 28.9. The summed E-state index contributed by atoms with van der Waals surface area (Å²) in [7, 11) is 0. The molecule has 9 rings (SSSR count). The quantitative estimate of drug-likeness (QED) is 0.160. The molecule has 0 heterocycles. The minimum absolute atomic E-state index is 0.612. The smallest absolute Gasteiger partial charge is 0.107 e. The van der Waals surface area contributed by atoms with E-state index in [1.165, 1.54) is 50.1 Å². The van der Waals surface area contributed by atoms with Crippen LogP contribution in [0.1, 0.15) is 29.5 Å². The molecule has 0 bridgehead atoms. The van der Waals surface area contributed by atoms with E-state index in [1.807, 2.05) is 0 Å². The van der Waals surface area contributed by atoms with Gasteiger partial charge in [0.15, 0.2) is 0 Å². The highest BCUT2D eigenvalue weighted by Gasteiger charge is 2.44. The Kier molecular flexibility index (Phi) is 8.20. The molecule has 1 heteroatoms. The standard InChI is InChI=1S/C51H37N/c1-5-18-39(19-6-1)40-20-15-17-38(35-40)33-34-51(43-22-7-2-8-23-43)49-30-14-13-29-47(49)48-32-31-42(37-50(48)51)41-21-16-28-46(36-41)52(44-24-9-3-10-25-44)45-26-11-4-12-27-45/h1,3-7,9-32,35-37H,2,8H2. The molecule has 7 aromatic carbocycles. The van der Waals surface area contributed by atoms with Gasteiger partial charge in [-0.3, -0.25) is 0 Å². The number of para-hydroxylation sites is 2. The molecule has 0 aromatic heterocycles. The van der Waals surface area contributed by atoms with Crippen LogP contribution >= 0.6 is 0 Å². The molecule has 0 saturated carbocycles. The van der Waals surface area contributed by atoms with E-state index in [2.05, 4.69) is 217 Å². The summed E-state index contributed by atoms with van der Waals surface area (Å²) < 4.78 is 0. The van der Waals surface area contributed by atoms with Gasteiger partial charge in [0.25, 0.3) is 0 Å². The van der Waals surface area contributed by atoms with E-state index in [4.69, 9.17) is 0 Å². The van der Waals surface area contributed by atoms with Crippen molar-refractivity contribution in [1.29, 1.82) is 0 Å². The molecule has 7 aromatic rings. The summed E-state index contributed by atoms with van der Waals surface area (Å²) >= 11 is 0. The first kappa shape index (κ1) is 31.4. The van der Waals surface area contributed by atoms with Crippen LogP contribution in [-0.2, 0) is 5.41 Å². The van der Waals surface area contributed by atoms with Crippen molar-refractivity contribution >= 4 is 17.1 Å². The third-order valence-electron chi connectivity index (χ3n) is 10.3. The van der Waals surface area contributed by atoms with Crippen LogP contribution in [0, 0.1) is 11.8 Å². The van der Waals surface area contributed by atoms with E-state index >= 15 is 0 Å². The minimum Gasteiger partial charge on any atom is -0.310 e. The molecule has 2 aliphatic rings. The van der Waals surface area contributed by atoms with Gasteiger partial charge in [-0.2, -0.15) is 0 Å². The maximum absolute atomic E-state index is 3.95. The Balaban J connectivity index is 1.21. The van der Waals surface area contributed by atoms with Gasteiger partial charge >= 0.3 is 0 Å². The lowest BCUT2D eigenvalue weighted by Gasteiger charge is -2.30. The number of rotatable bonds is 6. The van der Waals surface area contributed by atoms with E-state index in [9.17, 15) is 0 Å². The molecule has 0 radical (unpaired) electrons. The molecule has 0 fully saturated rings. The van der Waals surface area contributed by atoms with Crippen molar-refractivity contribution in [3.8, 4) is 45.2 Å². The third-order valence-corrected chi connectivity index (χ3v) is 10.3. The van der Waals surface area contributed by atoms with Crippen molar-refractivity contribution in [2.45, 2.75) is 18.3 Å². The Labute approximate surface area is 306 Å². The van der Waals surface area contributed by atoms with Gasteiger partial charge in [-0.15, -0.1) is 0 Å². The highest BCUT2D eigenvalue weighted by Crippen LogP contribution is 2.54. The van der Waals surface area contributed by atoms with Crippen LogP contribution in [0.25, 0.3) is 33.4 Å². The highest BCUT2D eigenvalue weighted by atomic mass is 15.1.